The Bertz CT molecular complexity index is 745. The third-order valence-corrected chi connectivity index (χ3v) is 4.99. The number of benzene rings is 2. The van der Waals surface area contributed by atoms with E-state index in [1.54, 1.807) is 24.3 Å². The number of carbonyl (C=O) groups excluding carboxylic acids is 2. The van der Waals surface area contributed by atoms with Gasteiger partial charge in [-0.2, -0.15) is 0 Å². The monoisotopic (exact) mass is 350 g/mol. The van der Waals surface area contributed by atoms with Gasteiger partial charge in [0, 0.05) is 23.4 Å². The Kier molecular flexibility index (Phi) is 6.05. The quantitative estimate of drug-likeness (QED) is 0.818. The average Bonchev–Trinajstić information content (AvgIpc) is 2.69. The molecule has 4 nitrogen and oxygen atoms in total. The molecule has 2 aromatic carbocycles. The van der Waals surface area contributed by atoms with Crippen LogP contribution in [0.4, 0.5) is 5.69 Å². The van der Waals surface area contributed by atoms with Crippen LogP contribution in [0.1, 0.15) is 71.2 Å². The summed E-state index contributed by atoms with van der Waals surface area (Å²) in [7, 11) is 0. The lowest BCUT2D eigenvalue weighted by atomic mass is 9.84. The topological polar surface area (TPSA) is 58.2 Å². The number of hydrogen-bond acceptors (Lipinski definition) is 2. The van der Waals surface area contributed by atoms with Crippen LogP contribution in [0.5, 0.6) is 0 Å². The van der Waals surface area contributed by atoms with Crippen LogP contribution in [0.3, 0.4) is 0 Å². The van der Waals surface area contributed by atoms with E-state index in [0.717, 1.165) is 0 Å². The molecular formula is C22H26N2O2. The Labute approximate surface area is 155 Å². The maximum atomic E-state index is 12.4. The van der Waals surface area contributed by atoms with E-state index in [9.17, 15) is 9.59 Å². The molecule has 2 N–H and O–H groups in total. The summed E-state index contributed by atoms with van der Waals surface area (Å²) in [6.07, 6.45) is 6.46. The van der Waals surface area contributed by atoms with Crippen LogP contribution >= 0.6 is 0 Å². The van der Waals surface area contributed by atoms with E-state index in [0.29, 0.717) is 29.3 Å². The Morgan fingerprint density at radius 2 is 1.42 bits per heavy atom. The highest BCUT2D eigenvalue weighted by molar-refractivity contribution is 6.04. The first-order valence-corrected chi connectivity index (χ1v) is 9.47. The van der Waals surface area contributed by atoms with Crippen LogP contribution in [0.25, 0.3) is 0 Å². The van der Waals surface area contributed by atoms with Gasteiger partial charge in [-0.05, 0) is 67.6 Å². The maximum Gasteiger partial charge on any atom is 0.255 e. The fourth-order valence-electron chi connectivity index (χ4n) is 3.51. The fraction of sp³-hybridized carbons (Fsp3) is 0.364. The van der Waals surface area contributed by atoms with E-state index in [-0.39, 0.29) is 11.8 Å². The summed E-state index contributed by atoms with van der Waals surface area (Å²) < 4.78 is 0. The van der Waals surface area contributed by atoms with Gasteiger partial charge in [0.05, 0.1) is 0 Å². The van der Waals surface area contributed by atoms with E-state index >= 15 is 0 Å². The lowest BCUT2D eigenvalue weighted by Gasteiger charge is -2.22. The molecule has 0 heterocycles. The lowest BCUT2D eigenvalue weighted by molar-refractivity contribution is 0.0955. The van der Waals surface area contributed by atoms with Crippen LogP contribution < -0.4 is 10.6 Å². The average molecular weight is 350 g/mol. The second kappa shape index (κ2) is 8.65. The molecular weight excluding hydrogens is 324 g/mol. The molecule has 1 aliphatic carbocycles. The Morgan fingerprint density at radius 3 is 2.04 bits per heavy atom. The van der Waals surface area contributed by atoms with E-state index in [1.807, 2.05) is 19.1 Å². The predicted octanol–water partition coefficient (Wildman–Crippen LogP) is 4.74. The molecule has 1 saturated carbocycles. The molecule has 0 aromatic heterocycles. The minimum atomic E-state index is -0.133. The highest BCUT2D eigenvalue weighted by Crippen LogP contribution is 2.32. The zero-order chi connectivity index (χ0) is 18.4. The number of hydrogen-bond donors (Lipinski definition) is 2. The van der Waals surface area contributed by atoms with Crippen molar-refractivity contribution >= 4 is 17.5 Å². The first-order chi connectivity index (χ1) is 12.7. The van der Waals surface area contributed by atoms with E-state index in [1.165, 1.54) is 37.7 Å². The number of nitrogens with one attached hydrogen (secondary N) is 2. The normalized spacial score (nSPS) is 14.7. The van der Waals surface area contributed by atoms with Crippen molar-refractivity contribution in [2.45, 2.75) is 44.9 Å². The van der Waals surface area contributed by atoms with Crippen LogP contribution in [0.15, 0.2) is 48.5 Å². The number of amides is 2. The van der Waals surface area contributed by atoms with Crippen molar-refractivity contribution in [3.63, 3.8) is 0 Å². The zero-order valence-corrected chi connectivity index (χ0v) is 15.3. The second-order valence-corrected chi connectivity index (χ2v) is 6.85. The van der Waals surface area contributed by atoms with Gasteiger partial charge in [0.25, 0.3) is 11.8 Å². The molecule has 1 fully saturated rings. The molecule has 0 atom stereocenters. The largest absolute Gasteiger partial charge is 0.352 e. The van der Waals surface area contributed by atoms with Gasteiger partial charge in [-0.25, -0.2) is 0 Å². The third-order valence-electron chi connectivity index (χ3n) is 4.99. The molecule has 2 aromatic rings. The van der Waals surface area contributed by atoms with Gasteiger partial charge in [0.2, 0.25) is 0 Å². The Morgan fingerprint density at radius 1 is 0.846 bits per heavy atom. The highest BCUT2D eigenvalue weighted by Gasteiger charge is 2.16. The molecule has 4 heteroatoms. The van der Waals surface area contributed by atoms with Gasteiger partial charge in [-0.1, -0.05) is 31.4 Å². The second-order valence-electron chi connectivity index (χ2n) is 6.85. The summed E-state index contributed by atoms with van der Waals surface area (Å²) in [4.78, 5) is 24.2. The molecule has 26 heavy (non-hydrogen) atoms. The van der Waals surface area contributed by atoms with Crippen LogP contribution in [-0.4, -0.2) is 18.4 Å². The highest BCUT2D eigenvalue weighted by atomic mass is 16.2. The molecule has 1 aliphatic rings. The van der Waals surface area contributed by atoms with Gasteiger partial charge in [-0.15, -0.1) is 0 Å². The van der Waals surface area contributed by atoms with Gasteiger partial charge in [0.1, 0.15) is 0 Å². The molecule has 0 unspecified atom stereocenters. The van der Waals surface area contributed by atoms with Gasteiger partial charge < -0.3 is 10.6 Å². The molecule has 136 valence electrons. The zero-order valence-electron chi connectivity index (χ0n) is 15.3. The fourth-order valence-corrected chi connectivity index (χ4v) is 3.51. The standard InChI is InChI=1S/C22H26N2O2/c1-2-23-21(25)18-12-14-20(15-13-18)24-22(26)19-10-8-17(9-11-19)16-6-4-3-5-7-16/h8-16H,2-7H2,1H3,(H,23,25)(H,24,26). The third kappa shape index (κ3) is 4.51. The summed E-state index contributed by atoms with van der Waals surface area (Å²) in [5.41, 5.74) is 3.26. The van der Waals surface area contributed by atoms with Crippen molar-refractivity contribution < 1.29 is 9.59 Å². The summed E-state index contributed by atoms with van der Waals surface area (Å²) in [6, 6.07) is 14.9. The molecule has 0 aliphatic heterocycles. The van der Waals surface area contributed by atoms with Gasteiger partial charge in [0.15, 0.2) is 0 Å². The van der Waals surface area contributed by atoms with Crippen LogP contribution in [0.2, 0.25) is 0 Å². The SMILES string of the molecule is CCNC(=O)c1ccc(NC(=O)c2ccc(C3CCCCC3)cc2)cc1. The van der Waals surface area contributed by atoms with Crippen molar-refractivity contribution in [1.82, 2.24) is 5.32 Å². The minimum absolute atomic E-state index is 0.108. The molecule has 0 radical (unpaired) electrons. The summed E-state index contributed by atoms with van der Waals surface area (Å²) in [6.45, 7) is 2.47. The van der Waals surface area contributed by atoms with Gasteiger partial charge in [-0.3, -0.25) is 9.59 Å². The van der Waals surface area contributed by atoms with Crippen molar-refractivity contribution in [3.8, 4) is 0 Å². The summed E-state index contributed by atoms with van der Waals surface area (Å²) >= 11 is 0. The van der Waals surface area contributed by atoms with Crippen molar-refractivity contribution in [2.75, 3.05) is 11.9 Å². The Hall–Kier alpha value is -2.62. The van der Waals surface area contributed by atoms with Crippen molar-refractivity contribution in [1.29, 1.82) is 0 Å². The van der Waals surface area contributed by atoms with Crippen molar-refractivity contribution in [2.24, 2.45) is 0 Å². The van der Waals surface area contributed by atoms with E-state index < -0.39 is 0 Å². The lowest BCUT2D eigenvalue weighted by Crippen LogP contribution is -2.22. The minimum Gasteiger partial charge on any atom is -0.352 e. The molecule has 0 spiro atoms. The van der Waals surface area contributed by atoms with Crippen LogP contribution in [0, 0.1) is 0 Å². The molecule has 0 bridgehead atoms. The summed E-state index contributed by atoms with van der Waals surface area (Å²) in [5.74, 6) is 0.400. The summed E-state index contributed by atoms with van der Waals surface area (Å²) in [5, 5.41) is 5.64. The molecule has 3 rings (SSSR count). The molecule has 2 amide bonds. The number of anilines is 1. The van der Waals surface area contributed by atoms with E-state index in [4.69, 9.17) is 0 Å². The first kappa shape index (κ1) is 18.2. The van der Waals surface area contributed by atoms with Crippen LogP contribution in [-0.2, 0) is 0 Å². The smallest absolute Gasteiger partial charge is 0.255 e. The maximum absolute atomic E-state index is 12.4. The number of rotatable bonds is 5. The first-order valence-electron chi connectivity index (χ1n) is 9.47. The van der Waals surface area contributed by atoms with E-state index in [2.05, 4.69) is 22.8 Å². The number of carbonyl (C=O) groups is 2. The van der Waals surface area contributed by atoms with Gasteiger partial charge >= 0.3 is 0 Å². The Balaban J connectivity index is 1.61. The molecule has 0 saturated heterocycles. The van der Waals surface area contributed by atoms with Crippen molar-refractivity contribution in [3.05, 3.63) is 65.2 Å². The predicted molar refractivity (Wildman–Crippen MR) is 105 cm³/mol.